The SMILES string of the molecule is CC(C)(C)OC(=O)NC(CNCc1ccccc1Br)C1CC1. The Morgan fingerprint density at radius 2 is 2.05 bits per heavy atom. The van der Waals surface area contributed by atoms with Gasteiger partial charge in [0.05, 0.1) is 0 Å². The van der Waals surface area contributed by atoms with E-state index in [1.807, 2.05) is 39.0 Å². The van der Waals surface area contributed by atoms with Crippen molar-refractivity contribution < 1.29 is 9.53 Å². The van der Waals surface area contributed by atoms with Crippen LogP contribution in [0.5, 0.6) is 0 Å². The number of carbonyl (C=O) groups excluding carboxylic acids is 1. The van der Waals surface area contributed by atoms with Gasteiger partial charge in [0.25, 0.3) is 0 Å². The molecule has 5 heteroatoms. The van der Waals surface area contributed by atoms with Crippen LogP contribution >= 0.6 is 15.9 Å². The van der Waals surface area contributed by atoms with Crippen molar-refractivity contribution >= 4 is 22.0 Å². The third-order valence-electron chi connectivity index (χ3n) is 3.53. The molecule has 0 saturated heterocycles. The lowest BCUT2D eigenvalue weighted by Crippen LogP contribution is -2.45. The molecule has 0 aliphatic heterocycles. The molecule has 2 N–H and O–H groups in total. The van der Waals surface area contributed by atoms with Gasteiger partial charge < -0.3 is 15.4 Å². The van der Waals surface area contributed by atoms with E-state index in [-0.39, 0.29) is 12.1 Å². The van der Waals surface area contributed by atoms with Crippen LogP contribution in [0, 0.1) is 5.92 Å². The van der Waals surface area contributed by atoms with Gasteiger partial charge in [-0.1, -0.05) is 34.1 Å². The van der Waals surface area contributed by atoms with Gasteiger partial charge in [0, 0.05) is 23.6 Å². The topological polar surface area (TPSA) is 50.4 Å². The summed E-state index contributed by atoms with van der Waals surface area (Å²) in [5, 5.41) is 6.43. The van der Waals surface area contributed by atoms with E-state index in [1.54, 1.807) is 0 Å². The molecule has 1 saturated carbocycles. The van der Waals surface area contributed by atoms with Crippen molar-refractivity contribution in [1.82, 2.24) is 10.6 Å². The van der Waals surface area contributed by atoms with Gasteiger partial charge in [-0.3, -0.25) is 0 Å². The van der Waals surface area contributed by atoms with E-state index in [1.165, 1.54) is 18.4 Å². The summed E-state index contributed by atoms with van der Waals surface area (Å²) in [5.41, 5.74) is 0.759. The summed E-state index contributed by atoms with van der Waals surface area (Å²) in [5.74, 6) is 0.569. The Morgan fingerprint density at radius 1 is 1.36 bits per heavy atom. The number of carbonyl (C=O) groups is 1. The quantitative estimate of drug-likeness (QED) is 0.801. The second kappa shape index (κ2) is 7.47. The van der Waals surface area contributed by atoms with Gasteiger partial charge >= 0.3 is 6.09 Å². The Kier molecular flexibility index (Phi) is 5.87. The van der Waals surface area contributed by atoms with Crippen molar-refractivity contribution in [2.45, 2.75) is 51.8 Å². The standard InChI is InChI=1S/C17H25BrN2O2/c1-17(2,3)22-16(21)20-15(12-8-9-12)11-19-10-13-6-4-5-7-14(13)18/h4-7,12,15,19H,8-11H2,1-3H3,(H,20,21). The third-order valence-corrected chi connectivity index (χ3v) is 4.30. The van der Waals surface area contributed by atoms with Crippen LogP contribution in [0.2, 0.25) is 0 Å². The molecule has 0 radical (unpaired) electrons. The maximum absolute atomic E-state index is 11.9. The second-order valence-corrected chi connectivity index (χ2v) is 7.67. The number of ether oxygens (including phenoxy) is 1. The van der Waals surface area contributed by atoms with Gasteiger partial charge in [-0.2, -0.15) is 0 Å². The first kappa shape index (κ1) is 17.3. The molecule has 1 aliphatic carbocycles. The zero-order valence-corrected chi connectivity index (χ0v) is 15.1. The fourth-order valence-electron chi connectivity index (χ4n) is 2.30. The molecule has 122 valence electrons. The van der Waals surface area contributed by atoms with E-state index in [2.05, 4.69) is 32.6 Å². The normalized spacial score (nSPS) is 16.2. The molecule has 2 rings (SSSR count). The third kappa shape index (κ3) is 5.97. The Bertz CT molecular complexity index is 510. The number of hydrogen-bond donors (Lipinski definition) is 2. The van der Waals surface area contributed by atoms with E-state index < -0.39 is 5.60 Å². The fraction of sp³-hybridized carbons (Fsp3) is 0.588. The van der Waals surface area contributed by atoms with E-state index >= 15 is 0 Å². The van der Waals surface area contributed by atoms with Crippen LogP contribution < -0.4 is 10.6 Å². The summed E-state index contributed by atoms with van der Waals surface area (Å²) in [7, 11) is 0. The highest BCUT2D eigenvalue weighted by Gasteiger charge is 2.33. The summed E-state index contributed by atoms with van der Waals surface area (Å²) in [4.78, 5) is 11.9. The summed E-state index contributed by atoms with van der Waals surface area (Å²) in [6, 6.07) is 8.29. The maximum Gasteiger partial charge on any atom is 0.407 e. The molecule has 1 aliphatic rings. The zero-order chi connectivity index (χ0) is 16.2. The Balaban J connectivity index is 1.80. The largest absolute Gasteiger partial charge is 0.444 e. The van der Waals surface area contributed by atoms with Crippen LogP contribution in [0.1, 0.15) is 39.2 Å². The molecule has 0 spiro atoms. The Labute approximate surface area is 141 Å². The minimum absolute atomic E-state index is 0.136. The highest BCUT2D eigenvalue weighted by Crippen LogP contribution is 2.32. The average molecular weight is 369 g/mol. The highest BCUT2D eigenvalue weighted by atomic mass is 79.9. The first-order chi connectivity index (χ1) is 10.3. The van der Waals surface area contributed by atoms with Crippen LogP contribution in [0.3, 0.4) is 0 Å². The van der Waals surface area contributed by atoms with Crippen LogP contribution in [-0.4, -0.2) is 24.3 Å². The Hall–Kier alpha value is -1.07. The molecule has 1 atom stereocenters. The number of rotatable bonds is 6. The van der Waals surface area contributed by atoms with Crippen molar-refractivity contribution in [3.05, 3.63) is 34.3 Å². The summed E-state index contributed by atoms with van der Waals surface area (Å²) in [6.07, 6.45) is 2.03. The molecule has 1 fully saturated rings. The predicted octanol–water partition coefficient (Wildman–Crippen LogP) is 3.84. The number of nitrogens with one attached hydrogen (secondary N) is 2. The van der Waals surface area contributed by atoms with E-state index in [9.17, 15) is 4.79 Å². The monoisotopic (exact) mass is 368 g/mol. The van der Waals surface area contributed by atoms with E-state index in [0.717, 1.165) is 17.6 Å². The highest BCUT2D eigenvalue weighted by molar-refractivity contribution is 9.10. The minimum atomic E-state index is -0.458. The predicted molar refractivity (Wildman–Crippen MR) is 91.7 cm³/mol. The average Bonchev–Trinajstić information content (AvgIpc) is 3.22. The summed E-state index contributed by atoms with van der Waals surface area (Å²) in [6.45, 7) is 7.17. The van der Waals surface area contributed by atoms with E-state index in [4.69, 9.17) is 4.74 Å². The van der Waals surface area contributed by atoms with Crippen molar-refractivity contribution in [3.8, 4) is 0 Å². The first-order valence-corrected chi connectivity index (χ1v) is 8.58. The molecule has 0 heterocycles. The molecule has 22 heavy (non-hydrogen) atoms. The van der Waals surface area contributed by atoms with Crippen molar-refractivity contribution in [1.29, 1.82) is 0 Å². The summed E-state index contributed by atoms with van der Waals surface area (Å²) >= 11 is 3.55. The van der Waals surface area contributed by atoms with Crippen LogP contribution in [0.25, 0.3) is 0 Å². The van der Waals surface area contributed by atoms with E-state index in [0.29, 0.717) is 5.92 Å². The molecular weight excluding hydrogens is 344 g/mol. The van der Waals surface area contributed by atoms with Crippen molar-refractivity contribution in [3.63, 3.8) is 0 Å². The molecule has 1 aromatic rings. The number of benzene rings is 1. The zero-order valence-electron chi connectivity index (χ0n) is 13.5. The van der Waals surface area contributed by atoms with Gasteiger partial charge in [0.1, 0.15) is 5.60 Å². The van der Waals surface area contributed by atoms with Crippen LogP contribution in [0.4, 0.5) is 4.79 Å². The van der Waals surface area contributed by atoms with Gasteiger partial charge in [-0.05, 0) is 51.2 Å². The smallest absolute Gasteiger partial charge is 0.407 e. The molecule has 0 bridgehead atoms. The Morgan fingerprint density at radius 3 is 2.64 bits per heavy atom. The minimum Gasteiger partial charge on any atom is -0.444 e. The molecular formula is C17H25BrN2O2. The van der Waals surface area contributed by atoms with Gasteiger partial charge in [0.15, 0.2) is 0 Å². The van der Waals surface area contributed by atoms with Crippen molar-refractivity contribution in [2.24, 2.45) is 5.92 Å². The van der Waals surface area contributed by atoms with Crippen LogP contribution in [-0.2, 0) is 11.3 Å². The maximum atomic E-state index is 11.9. The first-order valence-electron chi connectivity index (χ1n) is 7.79. The number of halogens is 1. The molecule has 0 aromatic heterocycles. The van der Waals surface area contributed by atoms with Crippen molar-refractivity contribution in [2.75, 3.05) is 6.54 Å². The van der Waals surface area contributed by atoms with Gasteiger partial charge in [-0.15, -0.1) is 0 Å². The molecule has 1 aromatic carbocycles. The lowest BCUT2D eigenvalue weighted by molar-refractivity contribution is 0.0497. The fourth-order valence-corrected chi connectivity index (χ4v) is 2.72. The van der Waals surface area contributed by atoms with Gasteiger partial charge in [0.2, 0.25) is 0 Å². The molecule has 4 nitrogen and oxygen atoms in total. The number of amides is 1. The number of hydrogen-bond acceptors (Lipinski definition) is 3. The number of alkyl carbamates (subject to hydrolysis) is 1. The second-order valence-electron chi connectivity index (χ2n) is 6.81. The lowest BCUT2D eigenvalue weighted by Gasteiger charge is -2.24. The molecule has 1 amide bonds. The summed E-state index contributed by atoms with van der Waals surface area (Å²) < 4.78 is 6.45. The van der Waals surface area contributed by atoms with Crippen LogP contribution in [0.15, 0.2) is 28.7 Å². The lowest BCUT2D eigenvalue weighted by atomic mass is 10.1. The van der Waals surface area contributed by atoms with Gasteiger partial charge in [-0.25, -0.2) is 4.79 Å². The molecule has 1 unspecified atom stereocenters.